The highest BCUT2D eigenvalue weighted by Gasteiger charge is 2.16. The smallest absolute Gasteiger partial charge is 0.258 e. The Morgan fingerprint density at radius 3 is 2.48 bits per heavy atom. The van der Waals surface area contributed by atoms with E-state index in [2.05, 4.69) is 5.32 Å². The third kappa shape index (κ3) is 5.10. The molecule has 0 aromatic heterocycles. The topological polar surface area (TPSA) is 58.6 Å². The van der Waals surface area contributed by atoms with Gasteiger partial charge in [-0.1, -0.05) is 17.7 Å². The second-order valence-electron chi connectivity index (χ2n) is 5.32. The number of carbonyl (C=O) groups is 2. The maximum Gasteiger partial charge on any atom is 0.258 e. The Labute approximate surface area is 125 Å². The molecule has 0 spiro atoms. The van der Waals surface area contributed by atoms with Gasteiger partial charge >= 0.3 is 0 Å². The van der Waals surface area contributed by atoms with Crippen LogP contribution in [0, 0.1) is 6.92 Å². The average molecular weight is 290 g/mol. The number of ether oxygens (including phenoxy) is 1. The molecule has 0 aliphatic carbocycles. The molecule has 1 aromatic rings. The zero-order chi connectivity index (χ0) is 15.1. The van der Waals surface area contributed by atoms with Crippen LogP contribution < -0.4 is 10.1 Å². The van der Waals surface area contributed by atoms with Gasteiger partial charge in [0.25, 0.3) is 5.91 Å². The Hall–Kier alpha value is -2.04. The molecule has 21 heavy (non-hydrogen) atoms. The number of nitrogens with one attached hydrogen (secondary N) is 1. The van der Waals surface area contributed by atoms with Crippen molar-refractivity contribution < 1.29 is 14.3 Å². The number of hydrogen-bond acceptors (Lipinski definition) is 3. The normalized spacial score (nSPS) is 14.6. The zero-order valence-electron chi connectivity index (χ0n) is 12.4. The molecule has 1 fully saturated rings. The molecule has 1 aromatic carbocycles. The number of benzene rings is 1. The second kappa shape index (κ2) is 7.67. The fourth-order valence-corrected chi connectivity index (χ4v) is 2.26. The minimum atomic E-state index is -0.277. The van der Waals surface area contributed by atoms with Crippen molar-refractivity contribution in [3.8, 4) is 5.75 Å². The molecule has 1 aliphatic rings. The first kappa shape index (κ1) is 15.4. The van der Waals surface area contributed by atoms with E-state index in [-0.39, 0.29) is 25.0 Å². The second-order valence-corrected chi connectivity index (χ2v) is 5.32. The predicted octanol–water partition coefficient (Wildman–Crippen LogP) is 1.50. The summed E-state index contributed by atoms with van der Waals surface area (Å²) in [7, 11) is 0. The molecule has 0 bridgehead atoms. The van der Waals surface area contributed by atoms with Crippen LogP contribution in [0.3, 0.4) is 0 Å². The fourth-order valence-electron chi connectivity index (χ4n) is 2.26. The number of rotatable bonds is 5. The maximum absolute atomic E-state index is 11.9. The van der Waals surface area contributed by atoms with E-state index in [1.54, 1.807) is 0 Å². The van der Waals surface area contributed by atoms with Gasteiger partial charge in [-0.3, -0.25) is 9.59 Å². The van der Waals surface area contributed by atoms with Crippen LogP contribution in [0.15, 0.2) is 24.3 Å². The third-order valence-corrected chi connectivity index (χ3v) is 3.54. The molecule has 2 amide bonds. The molecule has 0 saturated carbocycles. The maximum atomic E-state index is 11.9. The van der Waals surface area contributed by atoms with E-state index in [1.165, 1.54) is 6.42 Å². The van der Waals surface area contributed by atoms with Crippen molar-refractivity contribution in [1.29, 1.82) is 0 Å². The first-order chi connectivity index (χ1) is 10.1. The standard InChI is InChI=1S/C16H22N2O3/c1-13-5-7-14(8-6-13)21-12-15(19)17-11-16(20)18-9-3-2-4-10-18/h5-8H,2-4,9-12H2,1H3,(H,17,19). The van der Waals surface area contributed by atoms with Gasteiger partial charge in [0.15, 0.2) is 6.61 Å². The summed E-state index contributed by atoms with van der Waals surface area (Å²) in [6.07, 6.45) is 3.28. The minimum absolute atomic E-state index is 0.0154. The van der Waals surface area contributed by atoms with Crippen molar-refractivity contribution in [2.24, 2.45) is 0 Å². The number of piperidine rings is 1. The lowest BCUT2D eigenvalue weighted by Gasteiger charge is -2.26. The van der Waals surface area contributed by atoms with Crippen molar-refractivity contribution in [3.05, 3.63) is 29.8 Å². The van der Waals surface area contributed by atoms with Gasteiger partial charge in [0.1, 0.15) is 5.75 Å². The molecule has 0 radical (unpaired) electrons. The summed E-state index contributed by atoms with van der Waals surface area (Å²) in [5.74, 6) is 0.359. The Kier molecular flexibility index (Phi) is 5.60. The third-order valence-electron chi connectivity index (χ3n) is 3.54. The molecular formula is C16H22N2O3. The molecule has 0 atom stereocenters. The molecule has 1 saturated heterocycles. The quantitative estimate of drug-likeness (QED) is 0.894. The summed E-state index contributed by atoms with van der Waals surface area (Å²) >= 11 is 0. The van der Waals surface area contributed by atoms with E-state index in [0.29, 0.717) is 5.75 Å². The lowest BCUT2D eigenvalue weighted by molar-refractivity contribution is -0.134. The van der Waals surface area contributed by atoms with Gasteiger partial charge < -0.3 is 15.0 Å². The van der Waals surface area contributed by atoms with E-state index < -0.39 is 0 Å². The van der Waals surface area contributed by atoms with E-state index in [9.17, 15) is 9.59 Å². The van der Waals surface area contributed by atoms with E-state index in [0.717, 1.165) is 31.5 Å². The number of nitrogens with zero attached hydrogens (tertiary/aromatic N) is 1. The molecule has 1 N–H and O–H groups in total. The molecule has 1 aliphatic heterocycles. The van der Waals surface area contributed by atoms with E-state index >= 15 is 0 Å². The van der Waals surface area contributed by atoms with Crippen LogP contribution in [0.1, 0.15) is 24.8 Å². The zero-order valence-corrected chi connectivity index (χ0v) is 12.4. The predicted molar refractivity (Wildman–Crippen MR) is 80.1 cm³/mol. The van der Waals surface area contributed by atoms with Crippen LogP contribution in [0.4, 0.5) is 0 Å². The SMILES string of the molecule is Cc1ccc(OCC(=O)NCC(=O)N2CCCCC2)cc1. The summed E-state index contributed by atoms with van der Waals surface area (Å²) < 4.78 is 5.36. The van der Waals surface area contributed by atoms with Crippen molar-refractivity contribution in [3.63, 3.8) is 0 Å². The summed E-state index contributed by atoms with van der Waals surface area (Å²) in [4.78, 5) is 25.4. The summed E-state index contributed by atoms with van der Waals surface area (Å²) in [5, 5.41) is 2.61. The molecule has 114 valence electrons. The molecular weight excluding hydrogens is 268 g/mol. The average Bonchev–Trinajstić information content (AvgIpc) is 2.53. The lowest BCUT2D eigenvalue weighted by Crippen LogP contribution is -2.43. The number of amides is 2. The van der Waals surface area contributed by atoms with Crippen LogP contribution in [-0.4, -0.2) is 43.0 Å². The monoisotopic (exact) mass is 290 g/mol. The van der Waals surface area contributed by atoms with Gasteiger partial charge in [0.05, 0.1) is 6.54 Å². The first-order valence-corrected chi connectivity index (χ1v) is 7.39. The van der Waals surface area contributed by atoms with Crippen LogP contribution in [0.5, 0.6) is 5.75 Å². The van der Waals surface area contributed by atoms with Gasteiger partial charge in [0.2, 0.25) is 5.91 Å². The van der Waals surface area contributed by atoms with Crippen LogP contribution in [-0.2, 0) is 9.59 Å². The van der Waals surface area contributed by atoms with Gasteiger partial charge in [-0.15, -0.1) is 0 Å². The van der Waals surface area contributed by atoms with Gasteiger partial charge in [-0.05, 0) is 38.3 Å². The summed E-state index contributed by atoms with van der Waals surface area (Å²) in [6, 6.07) is 7.49. The summed E-state index contributed by atoms with van der Waals surface area (Å²) in [5.41, 5.74) is 1.14. The Balaban J connectivity index is 1.67. The largest absolute Gasteiger partial charge is 0.484 e. The van der Waals surface area contributed by atoms with Gasteiger partial charge in [-0.25, -0.2) is 0 Å². The van der Waals surface area contributed by atoms with Crippen LogP contribution in [0.2, 0.25) is 0 Å². The van der Waals surface area contributed by atoms with E-state index in [1.807, 2.05) is 36.1 Å². The number of aryl methyl sites for hydroxylation is 1. The van der Waals surface area contributed by atoms with Gasteiger partial charge in [0, 0.05) is 13.1 Å². The molecule has 1 heterocycles. The Morgan fingerprint density at radius 2 is 1.81 bits per heavy atom. The van der Waals surface area contributed by atoms with Crippen molar-refractivity contribution in [2.45, 2.75) is 26.2 Å². The van der Waals surface area contributed by atoms with Crippen molar-refractivity contribution in [1.82, 2.24) is 10.2 Å². The highest BCUT2D eigenvalue weighted by Crippen LogP contribution is 2.11. The Morgan fingerprint density at radius 1 is 1.14 bits per heavy atom. The fraction of sp³-hybridized carbons (Fsp3) is 0.500. The molecule has 0 unspecified atom stereocenters. The highest BCUT2D eigenvalue weighted by molar-refractivity contribution is 5.85. The number of hydrogen-bond donors (Lipinski definition) is 1. The number of carbonyl (C=O) groups excluding carboxylic acids is 2. The highest BCUT2D eigenvalue weighted by atomic mass is 16.5. The van der Waals surface area contributed by atoms with Crippen molar-refractivity contribution >= 4 is 11.8 Å². The molecule has 5 nitrogen and oxygen atoms in total. The van der Waals surface area contributed by atoms with Crippen molar-refractivity contribution in [2.75, 3.05) is 26.2 Å². The van der Waals surface area contributed by atoms with E-state index in [4.69, 9.17) is 4.74 Å². The molecule has 5 heteroatoms. The van der Waals surface area contributed by atoms with Gasteiger partial charge in [-0.2, -0.15) is 0 Å². The van der Waals surface area contributed by atoms with Crippen LogP contribution >= 0.6 is 0 Å². The summed E-state index contributed by atoms with van der Waals surface area (Å²) in [6.45, 7) is 3.57. The lowest BCUT2D eigenvalue weighted by atomic mass is 10.1. The first-order valence-electron chi connectivity index (χ1n) is 7.39. The van der Waals surface area contributed by atoms with Crippen LogP contribution in [0.25, 0.3) is 0 Å². The Bertz CT molecular complexity index is 479. The number of likely N-dealkylation sites (tertiary alicyclic amines) is 1. The molecule has 2 rings (SSSR count). The minimum Gasteiger partial charge on any atom is -0.484 e.